The highest BCUT2D eigenvalue weighted by molar-refractivity contribution is 5.98. The van der Waals surface area contributed by atoms with Gasteiger partial charge in [-0.05, 0) is 24.6 Å². The molecule has 6 nitrogen and oxygen atoms in total. The van der Waals surface area contributed by atoms with Gasteiger partial charge in [-0.25, -0.2) is 9.97 Å². The zero-order valence-electron chi connectivity index (χ0n) is 16.5. The Balaban J connectivity index is 1.40. The first-order valence-electron chi connectivity index (χ1n) is 9.94. The SMILES string of the molecule is CC(C(=O)Nc1ccccc1-c1ccccc1)N1CCN(c2ncccn2)CC1. The molecule has 29 heavy (non-hydrogen) atoms. The van der Waals surface area contributed by atoms with E-state index in [1.54, 1.807) is 12.4 Å². The second-order valence-corrected chi connectivity index (χ2v) is 7.15. The van der Waals surface area contributed by atoms with Crippen molar-refractivity contribution in [2.24, 2.45) is 0 Å². The van der Waals surface area contributed by atoms with Gasteiger partial charge in [-0.3, -0.25) is 9.69 Å². The van der Waals surface area contributed by atoms with Crippen LogP contribution in [0.5, 0.6) is 0 Å². The molecule has 1 amide bonds. The van der Waals surface area contributed by atoms with Gasteiger partial charge >= 0.3 is 0 Å². The lowest BCUT2D eigenvalue weighted by Gasteiger charge is -2.37. The van der Waals surface area contributed by atoms with Crippen LogP contribution in [0.25, 0.3) is 11.1 Å². The third-order valence-corrected chi connectivity index (χ3v) is 5.35. The molecule has 1 aliphatic heterocycles. The third-order valence-electron chi connectivity index (χ3n) is 5.35. The molecule has 1 fully saturated rings. The molecule has 1 unspecified atom stereocenters. The number of benzene rings is 2. The maximum atomic E-state index is 13.0. The summed E-state index contributed by atoms with van der Waals surface area (Å²) in [6, 6.07) is 19.7. The van der Waals surface area contributed by atoms with Crippen molar-refractivity contribution in [1.29, 1.82) is 0 Å². The smallest absolute Gasteiger partial charge is 0.241 e. The molecular weight excluding hydrogens is 362 g/mol. The Morgan fingerprint density at radius 2 is 1.55 bits per heavy atom. The zero-order chi connectivity index (χ0) is 20.1. The Bertz CT molecular complexity index is 940. The van der Waals surface area contributed by atoms with Crippen LogP contribution < -0.4 is 10.2 Å². The van der Waals surface area contributed by atoms with E-state index in [2.05, 4.69) is 37.2 Å². The Morgan fingerprint density at radius 3 is 2.28 bits per heavy atom. The van der Waals surface area contributed by atoms with Crippen LogP contribution in [0.4, 0.5) is 11.6 Å². The minimum absolute atomic E-state index is 0.0118. The van der Waals surface area contributed by atoms with Gasteiger partial charge in [0.1, 0.15) is 0 Å². The number of para-hydroxylation sites is 1. The van der Waals surface area contributed by atoms with Gasteiger partial charge in [-0.2, -0.15) is 0 Å². The van der Waals surface area contributed by atoms with Crippen molar-refractivity contribution in [2.75, 3.05) is 36.4 Å². The van der Waals surface area contributed by atoms with Gasteiger partial charge in [-0.15, -0.1) is 0 Å². The summed E-state index contributed by atoms with van der Waals surface area (Å²) >= 11 is 0. The zero-order valence-corrected chi connectivity index (χ0v) is 16.5. The number of hydrogen-bond acceptors (Lipinski definition) is 5. The molecule has 3 aromatic rings. The van der Waals surface area contributed by atoms with E-state index in [0.29, 0.717) is 0 Å². The van der Waals surface area contributed by atoms with Crippen LogP contribution in [0.2, 0.25) is 0 Å². The monoisotopic (exact) mass is 387 g/mol. The molecule has 0 saturated carbocycles. The van der Waals surface area contributed by atoms with Crippen LogP contribution in [0.15, 0.2) is 73.1 Å². The number of aromatic nitrogens is 2. The predicted octanol–water partition coefficient (Wildman–Crippen LogP) is 3.29. The topological polar surface area (TPSA) is 61.4 Å². The summed E-state index contributed by atoms with van der Waals surface area (Å²) in [6.45, 7) is 5.18. The highest BCUT2D eigenvalue weighted by Gasteiger charge is 2.26. The van der Waals surface area contributed by atoms with Crippen molar-refractivity contribution in [2.45, 2.75) is 13.0 Å². The van der Waals surface area contributed by atoms with E-state index in [4.69, 9.17) is 0 Å². The largest absolute Gasteiger partial charge is 0.338 e. The number of nitrogens with zero attached hydrogens (tertiary/aromatic N) is 4. The fourth-order valence-electron chi connectivity index (χ4n) is 3.63. The Kier molecular flexibility index (Phi) is 5.81. The normalized spacial score (nSPS) is 15.7. The average Bonchev–Trinajstić information content (AvgIpc) is 2.80. The average molecular weight is 387 g/mol. The van der Waals surface area contributed by atoms with Crippen molar-refractivity contribution >= 4 is 17.5 Å². The highest BCUT2D eigenvalue weighted by Crippen LogP contribution is 2.27. The number of carbonyl (C=O) groups excluding carboxylic acids is 1. The number of rotatable bonds is 5. The lowest BCUT2D eigenvalue weighted by molar-refractivity contribution is -0.120. The summed E-state index contributed by atoms with van der Waals surface area (Å²) in [6.07, 6.45) is 3.52. The van der Waals surface area contributed by atoms with E-state index in [0.717, 1.165) is 48.9 Å². The predicted molar refractivity (Wildman–Crippen MR) is 116 cm³/mol. The van der Waals surface area contributed by atoms with Gasteiger partial charge in [0, 0.05) is 49.8 Å². The Morgan fingerprint density at radius 1 is 0.897 bits per heavy atom. The molecule has 2 heterocycles. The number of nitrogens with one attached hydrogen (secondary N) is 1. The second-order valence-electron chi connectivity index (χ2n) is 7.15. The number of piperazine rings is 1. The summed E-state index contributed by atoms with van der Waals surface area (Å²) in [5.74, 6) is 0.763. The number of anilines is 2. The van der Waals surface area contributed by atoms with Gasteiger partial charge in [0.2, 0.25) is 11.9 Å². The minimum Gasteiger partial charge on any atom is -0.338 e. The molecule has 0 aliphatic carbocycles. The van der Waals surface area contributed by atoms with Gasteiger partial charge in [-0.1, -0.05) is 48.5 Å². The first-order chi connectivity index (χ1) is 14.2. The van der Waals surface area contributed by atoms with Crippen LogP contribution >= 0.6 is 0 Å². The molecule has 1 N–H and O–H groups in total. The van der Waals surface area contributed by atoms with Gasteiger partial charge in [0.15, 0.2) is 0 Å². The number of carbonyl (C=O) groups is 1. The van der Waals surface area contributed by atoms with Crippen LogP contribution in [0, 0.1) is 0 Å². The minimum atomic E-state index is -0.210. The van der Waals surface area contributed by atoms with Gasteiger partial charge < -0.3 is 10.2 Å². The van der Waals surface area contributed by atoms with E-state index < -0.39 is 0 Å². The molecule has 1 aromatic heterocycles. The third kappa shape index (κ3) is 4.43. The molecule has 1 atom stereocenters. The number of hydrogen-bond donors (Lipinski definition) is 1. The van der Waals surface area contributed by atoms with Crippen molar-refractivity contribution in [1.82, 2.24) is 14.9 Å². The van der Waals surface area contributed by atoms with E-state index in [1.807, 2.05) is 55.5 Å². The molecule has 0 spiro atoms. The van der Waals surface area contributed by atoms with Gasteiger partial charge in [0.25, 0.3) is 0 Å². The summed E-state index contributed by atoms with van der Waals surface area (Å²) in [7, 11) is 0. The molecule has 1 saturated heterocycles. The molecule has 4 rings (SSSR count). The van der Waals surface area contributed by atoms with Crippen molar-refractivity contribution in [3.05, 3.63) is 73.1 Å². The maximum absolute atomic E-state index is 13.0. The quantitative estimate of drug-likeness (QED) is 0.728. The fraction of sp³-hybridized carbons (Fsp3) is 0.261. The molecule has 1 aliphatic rings. The van der Waals surface area contributed by atoms with E-state index >= 15 is 0 Å². The van der Waals surface area contributed by atoms with E-state index in [-0.39, 0.29) is 11.9 Å². The molecule has 148 valence electrons. The number of amides is 1. The van der Waals surface area contributed by atoms with E-state index in [9.17, 15) is 4.79 Å². The Hall–Kier alpha value is -3.25. The maximum Gasteiger partial charge on any atom is 0.241 e. The molecule has 0 radical (unpaired) electrons. The Labute approximate surface area is 171 Å². The van der Waals surface area contributed by atoms with Crippen LogP contribution in [-0.4, -0.2) is 53.0 Å². The molecule has 6 heteroatoms. The first-order valence-corrected chi connectivity index (χ1v) is 9.94. The highest BCUT2D eigenvalue weighted by atomic mass is 16.2. The first kappa shape index (κ1) is 19.1. The van der Waals surface area contributed by atoms with Gasteiger partial charge in [0.05, 0.1) is 6.04 Å². The van der Waals surface area contributed by atoms with Crippen LogP contribution in [0.3, 0.4) is 0 Å². The standard InChI is InChI=1S/C23H25N5O/c1-18(27-14-16-28(17-15-27)23-24-12-7-13-25-23)22(29)26-21-11-6-5-10-20(21)19-8-3-2-4-9-19/h2-13,18H,14-17H2,1H3,(H,26,29). The van der Waals surface area contributed by atoms with Crippen LogP contribution in [0.1, 0.15) is 6.92 Å². The summed E-state index contributed by atoms with van der Waals surface area (Å²) in [5.41, 5.74) is 2.96. The van der Waals surface area contributed by atoms with Crippen molar-refractivity contribution < 1.29 is 4.79 Å². The molecular formula is C23H25N5O. The lowest BCUT2D eigenvalue weighted by atomic mass is 10.0. The van der Waals surface area contributed by atoms with E-state index in [1.165, 1.54) is 0 Å². The lowest BCUT2D eigenvalue weighted by Crippen LogP contribution is -2.53. The van der Waals surface area contributed by atoms with Crippen molar-refractivity contribution in [3.8, 4) is 11.1 Å². The fourth-order valence-corrected chi connectivity index (χ4v) is 3.63. The summed E-state index contributed by atoms with van der Waals surface area (Å²) in [5, 5.41) is 3.13. The molecule has 2 aromatic carbocycles. The van der Waals surface area contributed by atoms with Crippen molar-refractivity contribution in [3.63, 3.8) is 0 Å². The molecule has 0 bridgehead atoms. The second kappa shape index (κ2) is 8.84. The van der Waals surface area contributed by atoms with Crippen LogP contribution in [-0.2, 0) is 4.79 Å². The summed E-state index contributed by atoms with van der Waals surface area (Å²) in [4.78, 5) is 26.0. The summed E-state index contributed by atoms with van der Waals surface area (Å²) < 4.78 is 0.